The van der Waals surface area contributed by atoms with Crippen molar-refractivity contribution in [2.24, 2.45) is 0 Å². The average Bonchev–Trinajstić information content (AvgIpc) is 3.30. The highest BCUT2D eigenvalue weighted by atomic mass is 16.5. The first-order valence-corrected chi connectivity index (χ1v) is 7.93. The van der Waals surface area contributed by atoms with Gasteiger partial charge in [-0.1, -0.05) is 6.07 Å². The molecule has 2 aromatic rings. The Balaban J connectivity index is 1.73. The van der Waals surface area contributed by atoms with Crippen LogP contribution in [0.15, 0.2) is 30.6 Å². The van der Waals surface area contributed by atoms with Crippen molar-refractivity contribution in [2.75, 3.05) is 5.32 Å². The molecule has 1 fully saturated rings. The number of ether oxygens (including phenoxy) is 1. The normalized spacial score (nSPS) is 14.2. The Bertz CT molecular complexity index is 633. The van der Waals surface area contributed by atoms with Gasteiger partial charge in [-0.05, 0) is 68.4 Å². The molecule has 3 rings (SSSR count). The van der Waals surface area contributed by atoms with Gasteiger partial charge in [0.25, 0.3) is 0 Å². The van der Waals surface area contributed by atoms with Crippen molar-refractivity contribution in [1.82, 2.24) is 9.97 Å². The van der Waals surface area contributed by atoms with E-state index < -0.39 is 0 Å². The molecule has 1 aliphatic rings. The molecule has 0 bridgehead atoms. The fourth-order valence-electron chi connectivity index (χ4n) is 2.45. The summed E-state index contributed by atoms with van der Waals surface area (Å²) < 4.78 is 5.88. The molecule has 1 aromatic carbocycles. The van der Waals surface area contributed by atoms with Gasteiger partial charge in [0.2, 0.25) is 5.95 Å². The molecule has 0 amide bonds. The van der Waals surface area contributed by atoms with E-state index in [1.165, 1.54) is 24.0 Å². The SMILES string of the molecule is Cc1cnc(NCc2cc(OC(C)C)cc(C3CC3)c2)nc1. The lowest BCUT2D eigenvalue weighted by atomic mass is 10.1. The van der Waals surface area contributed by atoms with Crippen molar-refractivity contribution in [1.29, 1.82) is 0 Å². The minimum Gasteiger partial charge on any atom is -0.491 e. The Morgan fingerprint density at radius 3 is 2.55 bits per heavy atom. The molecule has 0 aliphatic heterocycles. The number of aryl methyl sites for hydroxylation is 1. The largest absolute Gasteiger partial charge is 0.491 e. The molecule has 0 unspecified atom stereocenters. The standard InChI is InChI=1S/C18H23N3O/c1-12(2)22-17-7-14(6-16(8-17)15-4-5-15)11-21-18-19-9-13(3)10-20-18/h6-10,12,15H,4-5,11H2,1-3H3,(H,19,20,21). The van der Waals surface area contributed by atoms with E-state index in [-0.39, 0.29) is 6.10 Å². The summed E-state index contributed by atoms with van der Waals surface area (Å²) >= 11 is 0. The molecule has 0 atom stereocenters. The molecule has 0 saturated heterocycles. The average molecular weight is 297 g/mol. The summed E-state index contributed by atoms with van der Waals surface area (Å²) in [5.74, 6) is 2.33. The van der Waals surface area contributed by atoms with Crippen LogP contribution in [0.3, 0.4) is 0 Å². The third-order valence-corrected chi connectivity index (χ3v) is 3.64. The Morgan fingerprint density at radius 1 is 1.18 bits per heavy atom. The highest BCUT2D eigenvalue weighted by molar-refractivity contribution is 5.39. The highest BCUT2D eigenvalue weighted by Gasteiger charge is 2.24. The van der Waals surface area contributed by atoms with E-state index in [4.69, 9.17) is 4.74 Å². The fraction of sp³-hybridized carbons (Fsp3) is 0.444. The molecule has 1 aromatic heterocycles. The lowest BCUT2D eigenvalue weighted by molar-refractivity contribution is 0.242. The monoisotopic (exact) mass is 297 g/mol. The van der Waals surface area contributed by atoms with Crippen molar-refractivity contribution in [3.63, 3.8) is 0 Å². The first-order chi connectivity index (χ1) is 10.6. The minimum absolute atomic E-state index is 0.190. The zero-order valence-electron chi connectivity index (χ0n) is 13.5. The molecule has 0 spiro atoms. The summed E-state index contributed by atoms with van der Waals surface area (Å²) in [6.07, 6.45) is 6.42. The van der Waals surface area contributed by atoms with Crippen LogP contribution >= 0.6 is 0 Å². The number of hydrogen-bond acceptors (Lipinski definition) is 4. The van der Waals surface area contributed by atoms with Gasteiger partial charge in [-0.3, -0.25) is 0 Å². The number of benzene rings is 1. The van der Waals surface area contributed by atoms with Gasteiger partial charge in [0, 0.05) is 18.9 Å². The van der Waals surface area contributed by atoms with Gasteiger partial charge >= 0.3 is 0 Å². The second kappa shape index (κ2) is 6.34. The first kappa shape index (κ1) is 14.8. The number of anilines is 1. The summed E-state index contributed by atoms with van der Waals surface area (Å²) in [5, 5.41) is 3.28. The predicted molar refractivity (Wildman–Crippen MR) is 88.3 cm³/mol. The van der Waals surface area contributed by atoms with Crippen LogP contribution < -0.4 is 10.1 Å². The number of rotatable bonds is 6. The van der Waals surface area contributed by atoms with Gasteiger partial charge in [0.1, 0.15) is 5.75 Å². The van der Waals surface area contributed by atoms with Gasteiger partial charge in [-0.25, -0.2) is 9.97 Å². The van der Waals surface area contributed by atoms with Crippen LogP contribution in [0.5, 0.6) is 5.75 Å². The van der Waals surface area contributed by atoms with Crippen molar-refractivity contribution < 1.29 is 4.74 Å². The minimum atomic E-state index is 0.190. The molecule has 116 valence electrons. The Hall–Kier alpha value is -2.10. The van der Waals surface area contributed by atoms with E-state index in [9.17, 15) is 0 Å². The van der Waals surface area contributed by atoms with Crippen molar-refractivity contribution in [3.05, 3.63) is 47.3 Å². The zero-order chi connectivity index (χ0) is 15.5. The van der Waals surface area contributed by atoms with Gasteiger partial charge in [0.15, 0.2) is 0 Å². The van der Waals surface area contributed by atoms with Crippen LogP contribution in [0.25, 0.3) is 0 Å². The van der Waals surface area contributed by atoms with Crippen molar-refractivity contribution >= 4 is 5.95 Å². The van der Waals surface area contributed by atoms with Gasteiger partial charge in [0.05, 0.1) is 6.10 Å². The number of nitrogens with zero attached hydrogens (tertiary/aromatic N) is 2. The third kappa shape index (κ3) is 3.97. The van der Waals surface area contributed by atoms with Crippen molar-refractivity contribution in [3.8, 4) is 5.75 Å². The molecule has 1 aliphatic carbocycles. The van der Waals surface area contributed by atoms with Crippen LogP contribution in [-0.4, -0.2) is 16.1 Å². The lowest BCUT2D eigenvalue weighted by Gasteiger charge is -2.14. The highest BCUT2D eigenvalue weighted by Crippen LogP contribution is 2.41. The summed E-state index contributed by atoms with van der Waals surface area (Å²) in [6.45, 7) is 6.81. The van der Waals surface area contributed by atoms with Crippen LogP contribution in [0.4, 0.5) is 5.95 Å². The van der Waals surface area contributed by atoms with E-state index in [0.29, 0.717) is 18.4 Å². The predicted octanol–water partition coefficient (Wildman–Crippen LogP) is 4.06. The molecule has 1 heterocycles. The van der Waals surface area contributed by atoms with Crippen LogP contribution in [0.1, 0.15) is 49.3 Å². The number of hydrogen-bond donors (Lipinski definition) is 1. The Morgan fingerprint density at radius 2 is 1.91 bits per heavy atom. The molecular weight excluding hydrogens is 274 g/mol. The summed E-state index contributed by atoms with van der Waals surface area (Å²) in [4.78, 5) is 8.56. The quantitative estimate of drug-likeness (QED) is 0.873. The molecule has 4 heteroatoms. The zero-order valence-corrected chi connectivity index (χ0v) is 13.5. The second-order valence-corrected chi connectivity index (χ2v) is 6.29. The molecule has 1 N–H and O–H groups in total. The van der Waals surface area contributed by atoms with Crippen LogP contribution in [0, 0.1) is 6.92 Å². The maximum atomic E-state index is 5.88. The summed E-state index contributed by atoms with van der Waals surface area (Å²) in [5.41, 5.74) is 3.66. The smallest absolute Gasteiger partial charge is 0.222 e. The van der Waals surface area contributed by atoms with E-state index in [1.807, 2.05) is 19.3 Å². The van der Waals surface area contributed by atoms with E-state index >= 15 is 0 Å². The summed E-state index contributed by atoms with van der Waals surface area (Å²) in [6, 6.07) is 6.56. The van der Waals surface area contributed by atoms with E-state index in [1.54, 1.807) is 0 Å². The van der Waals surface area contributed by atoms with Crippen molar-refractivity contribution in [2.45, 2.75) is 52.2 Å². The molecule has 1 saturated carbocycles. The van der Waals surface area contributed by atoms with Crippen LogP contribution in [0.2, 0.25) is 0 Å². The van der Waals surface area contributed by atoms with Gasteiger partial charge in [-0.15, -0.1) is 0 Å². The Labute approximate surface area is 132 Å². The number of nitrogens with one attached hydrogen (secondary N) is 1. The second-order valence-electron chi connectivity index (χ2n) is 6.29. The third-order valence-electron chi connectivity index (χ3n) is 3.64. The molecule has 4 nitrogen and oxygen atoms in total. The summed E-state index contributed by atoms with van der Waals surface area (Å²) in [7, 11) is 0. The molecule has 22 heavy (non-hydrogen) atoms. The number of aromatic nitrogens is 2. The molecule has 0 radical (unpaired) electrons. The van der Waals surface area contributed by atoms with Gasteiger partial charge in [-0.2, -0.15) is 0 Å². The first-order valence-electron chi connectivity index (χ1n) is 7.93. The maximum Gasteiger partial charge on any atom is 0.222 e. The van der Waals surface area contributed by atoms with E-state index in [2.05, 4.69) is 47.3 Å². The topological polar surface area (TPSA) is 47.0 Å². The maximum absolute atomic E-state index is 5.88. The Kier molecular flexibility index (Phi) is 4.27. The molecular formula is C18H23N3O. The lowest BCUT2D eigenvalue weighted by Crippen LogP contribution is -2.08. The van der Waals surface area contributed by atoms with Gasteiger partial charge < -0.3 is 10.1 Å². The van der Waals surface area contributed by atoms with Crippen LogP contribution in [-0.2, 0) is 6.54 Å². The van der Waals surface area contributed by atoms with E-state index in [0.717, 1.165) is 11.3 Å². The fourth-order valence-corrected chi connectivity index (χ4v) is 2.45.